The van der Waals surface area contributed by atoms with Crippen LogP contribution in [0.25, 0.3) is 0 Å². The van der Waals surface area contributed by atoms with Gasteiger partial charge < -0.3 is 14.8 Å². The molecule has 3 rings (SSSR count). The van der Waals surface area contributed by atoms with Crippen molar-refractivity contribution in [3.8, 4) is 11.6 Å². The SMILES string of the molecule is COc1ccccc1CCNC(=O)c1cc(OCc2ccccc2)ncn1. The third kappa shape index (κ3) is 5.28. The van der Waals surface area contributed by atoms with Crippen LogP contribution in [0, 0.1) is 0 Å². The second kappa shape index (κ2) is 9.33. The van der Waals surface area contributed by atoms with Crippen molar-refractivity contribution in [2.24, 2.45) is 0 Å². The zero-order valence-corrected chi connectivity index (χ0v) is 15.1. The van der Waals surface area contributed by atoms with Gasteiger partial charge in [-0.25, -0.2) is 9.97 Å². The molecule has 1 amide bonds. The largest absolute Gasteiger partial charge is 0.496 e. The molecule has 1 aromatic heterocycles. The van der Waals surface area contributed by atoms with Gasteiger partial charge in [0.15, 0.2) is 0 Å². The molecule has 0 saturated carbocycles. The summed E-state index contributed by atoms with van der Waals surface area (Å²) in [5.74, 6) is 0.908. The second-order valence-corrected chi connectivity index (χ2v) is 5.83. The smallest absolute Gasteiger partial charge is 0.270 e. The highest BCUT2D eigenvalue weighted by atomic mass is 16.5. The molecule has 0 spiro atoms. The van der Waals surface area contributed by atoms with Gasteiger partial charge in [0.25, 0.3) is 5.91 Å². The lowest BCUT2D eigenvalue weighted by molar-refractivity contribution is 0.0948. The molecular formula is C21H21N3O3. The minimum atomic E-state index is -0.267. The number of methoxy groups -OCH3 is 1. The average molecular weight is 363 g/mol. The summed E-state index contributed by atoms with van der Waals surface area (Å²) in [6.07, 6.45) is 1.99. The third-order valence-corrected chi connectivity index (χ3v) is 3.98. The summed E-state index contributed by atoms with van der Waals surface area (Å²) in [5, 5.41) is 2.86. The Morgan fingerprint density at radius 3 is 2.63 bits per heavy atom. The number of amides is 1. The lowest BCUT2D eigenvalue weighted by Crippen LogP contribution is -2.26. The van der Waals surface area contributed by atoms with E-state index in [0.29, 0.717) is 25.5 Å². The number of nitrogens with one attached hydrogen (secondary N) is 1. The molecule has 0 aliphatic carbocycles. The van der Waals surface area contributed by atoms with E-state index in [0.717, 1.165) is 16.9 Å². The third-order valence-electron chi connectivity index (χ3n) is 3.98. The highest BCUT2D eigenvalue weighted by Crippen LogP contribution is 2.17. The standard InChI is InChI=1S/C21H21N3O3/c1-26-19-10-6-5-9-17(19)11-12-22-21(25)18-13-20(24-15-23-18)27-14-16-7-3-2-4-8-16/h2-10,13,15H,11-12,14H2,1H3,(H,22,25). The summed E-state index contributed by atoms with van der Waals surface area (Å²) in [7, 11) is 1.63. The van der Waals surface area contributed by atoms with Crippen molar-refractivity contribution in [1.82, 2.24) is 15.3 Å². The van der Waals surface area contributed by atoms with E-state index in [1.165, 1.54) is 6.33 Å². The molecule has 0 aliphatic rings. The minimum absolute atomic E-state index is 0.267. The van der Waals surface area contributed by atoms with Crippen LogP contribution in [0.2, 0.25) is 0 Å². The molecule has 0 saturated heterocycles. The number of rotatable bonds is 8. The second-order valence-electron chi connectivity index (χ2n) is 5.83. The van der Waals surface area contributed by atoms with Crippen molar-refractivity contribution >= 4 is 5.91 Å². The van der Waals surface area contributed by atoms with Gasteiger partial charge in [-0.15, -0.1) is 0 Å². The van der Waals surface area contributed by atoms with Crippen molar-refractivity contribution in [3.63, 3.8) is 0 Å². The lowest BCUT2D eigenvalue weighted by atomic mass is 10.1. The summed E-state index contributed by atoms with van der Waals surface area (Å²) < 4.78 is 11.0. The zero-order chi connectivity index (χ0) is 18.9. The van der Waals surface area contributed by atoms with E-state index in [2.05, 4.69) is 15.3 Å². The van der Waals surface area contributed by atoms with Crippen LogP contribution in [0.4, 0.5) is 0 Å². The highest BCUT2D eigenvalue weighted by molar-refractivity contribution is 5.92. The fraction of sp³-hybridized carbons (Fsp3) is 0.190. The minimum Gasteiger partial charge on any atom is -0.496 e. The van der Waals surface area contributed by atoms with Gasteiger partial charge in [-0.3, -0.25) is 4.79 Å². The topological polar surface area (TPSA) is 73.3 Å². The molecule has 138 valence electrons. The average Bonchev–Trinajstić information content (AvgIpc) is 2.73. The van der Waals surface area contributed by atoms with Gasteiger partial charge >= 0.3 is 0 Å². The molecule has 6 heteroatoms. The first-order chi connectivity index (χ1) is 13.3. The predicted octanol–water partition coefficient (Wildman–Crippen LogP) is 3.04. The molecule has 2 aromatic carbocycles. The first kappa shape index (κ1) is 18.4. The Labute approximate surface area is 158 Å². The Morgan fingerprint density at radius 1 is 1.04 bits per heavy atom. The number of carbonyl (C=O) groups is 1. The van der Waals surface area contributed by atoms with E-state index >= 15 is 0 Å². The van der Waals surface area contributed by atoms with Crippen molar-refractivity contribution in [3.05, 3.63) is 83.8 Å². The molecular weight excluding hydrogens is 342 g/mol. The van der Waals surface area contributed by atoms with Crippen molar-refractivity contribution in [2.45, 2.75) is 13.0 Å². The molecule has 0 unspecified atom stereocenters. The number of hydrogen-bond donors (Lipinski definition) is 1. The first-order valence-corrected chi connectivity index (χ1v) is 8.65. The molecule has 0 atom stereocenters. The Kier molecular flexibility index (Phi) is 6.35. The Hall–Kier alpha value is -3.41. The van der Waals surface area contributed by atoms with Crippen LogP contribution < -0.4 is 14.8 Å². The summed E-state index contributed by atoms with van der Waals surface area (Å²) in [6, 6.07) is 19.0. The molecule has 27 heavy (non-hydrogen) atoms. The summed E-state index contributed by atoms with van der Waals surface area (Å²) in [5.41, 5.74) is 2.34. The molecule has 3 aromatic rings. The molecule has 1 N–H and O–H groups in total. The van der Waals surface area contributed by atoms with Gasteiger partial charge in [-0.05, 0) is 23.6 Å². The number of benzene rings is 2. The van der Waals surface area contributed by atoms with E-state index in [9.17, 15) is 4.79 Å². The van der Waals surface area contributed by atoms with Crippen LogP contribution in [-0.2, 0) is 13.0 Å². The van der Waals surface area contributed by atoms with Gasteiger partial charge in [0.2, 0.25) is 5.88 Å². The molecule has 1 heterocycles. The number of nitrogens with zero attached hydrogens (tertiary/aromatic N) is 2. The number of hydrogen-bond acceptors (Lipinski definition) is 5. The molecule has 0 radical (unpaired) electrons. The lowest BCUT2D eigenvalue weighted by Gasteiger charge is -2.09. The maximum atomic E-state index is 12.3. The summed E-state index contributed by atoms with van der Waals surface area (Å²) in [6.45, 7) is 0.857. The van der Waals surface area contributed by atoms with Crippen molar-refractivity contribution in [1.29, 1.82) is 0 Å². The Morgan fingerprint density at radius 2 is 1.81 bits per heavy atom. The highest BCUT2D eigenvalue weighted by Gasteiger charge is 2.10. The van der Waals surface area contributed by atoms with Crippen LogP contribution >= 0.6 is 0 Å². The molecule has 6 nitrogen and oxygen atoms in total. The van der Waals surface area contributed by atoms with E-state index in [4.69, 9.17) is 9.47 Å². The van der Waals surface area contributed by atoms with Crippen LogP contribution in [-0.4, -0.2) is 29.5 Å². The summed E-state index contributed by atoms with van der Waals surface area (Å²) in [4.78, 5) is 20.4. The van der Waals surface area contributed by atoms with Crippen molar-refractivity contribution in [2.75, 3.05) is 13.7 Å². The van der Waals surface area contributed by atoms with E-state index in [1.54, 1.807) is 13.2 Å². The molecule has 0 aliphatic heterocycles. The Balaban J connectivity index is 1.54. The maximum absolute atomic E-state index is 12.3. The number of ether oxygens (including phenoxy) is 2. The maximum Gasteiger partial charge on any atom is 0.270 e. The fourth-order valence-corrected chi connectivity index (χ4v) is 2.58. The Bertz CT molecular complexity index is 885. The fourth-order valence-electron chi connectivity index (χ4n) is 2.58. The monoisotopic (exact) mass is 363 g/mol. The van der Waals surface area contributed by atoms with E-state index in [1.807, 2.05) is 54.6 Å². The molecule has 0 bridgehead atoms. The van der Waals surface area contributed by atoms with E-state index < -0.39 is 0 Å². The molecule has 0 fully saturated rings. The van der Waals surface area contributed by atoms with Crippen LogP contribution in [0.3, 0.4) is 0 Å². The first-order valence-electron chi connectivity index (χ1n) is 8.65. The van der Waals surface area contributed by atoms with E-state index in [-0.39, 0.29) is 11.6 Å². The van der Waals surface area contributed by atoms with Gasteiger partial charge in [0.1, 0.15) is 24.4 Å². The van der Waals surface area contributed by atoms with Gasteiger partial charge in [0, 0.05) is 12.6 Å². The van der Waals surface area contributed by atoms with Gasteiger partial charge in [-0.2, -0.15) is 0 Å². The van der Waals surface area contributed by atoms with Gasteiger partial charge in [-0.1, -0.05) is 48.5 Å². The quantitative estimate of drug-likeness (QED) is 0.666. The van der Waals surface area contributed by atoms with Gasteiger partial charge in [0.05, 0.1) is 7.11 Å². The number of aromatic nitrogens is 2. The van der Waals surface area contributed by atoms with Crippen LogP contribution in [0.1, 0.15) is 21.6 Å². The number of carbonyl (C=O) groups excluding carboxylic acids is 1. The van der Waals surface area contributed by atoms with Crippen LogP contribution in [0.15, 0.2) is 67.0 Å². The zero-order valence-electron chi connectivity index (χ0n) is 15.1. The normalized spacial score (nSPS) is 10.3. The summed E-state index contributed by atoms with van der Waals surface area (Å²) >= 11 is 0. The van der Waals surface area contributed by atoms with Crippen molar-refractivity contribution < 1.29 is 14.3 Å². The number of para-hydroxylation sites is 1. The predicted molar refractivity (Wildman–Crippen MR) is 102 cm³/mol. The van der Waals surface area contributed by atoms with Crippen LogP contribution in [0.5, 0.6) is 11.6 Å².